The Morgan fingerprint density at radius 1 is 0.378 bits per heavy atom. The zero-order chi connectivity index (χ0) is 98.7. The van der Waals surface area contributed by atoms with Gasteiger partial charge >= 0.3 is 0 Å². The summed E-state index contributed by atoms with van der Waals surface area (Å²) in [6, 6.07) is 15.5. The van der Waals surface area contributed by atoms with Gasteiger partial charge in [-0.2, -0.15) is 15.8 Å². The first kappa shape index (κ1) is 100. The lowest BCUT2D eigenvalue weighted by Gasteiger charge is -2.36. The quantitative estimate of drug-likeness (QED) is 0.0371. The van der Waals surface area contributed by atoms with E-state index < -0.39 is 121 Å². The number of piperazine rings is 3. The van der Waals surface area contributed by atoms with Crippen LogP contribution in [0.1, 0.15) is 110 Å². The second-order valence-corrected chi connectivity index (χ2v) is 35.9. The first-order chi connectivity index (χ1) is 64.0. The fraction of sp³-hybridized carbons (Fsp3) is 0.258. The highest BCUT2D eigenvalue weighted by molar-refractivity contribution is 6.47. The lowest BCUT2D eigenvalue weighted by Crippen LogP contribution is -2.49. The van der Waals surface area contributed by atoms with E-state index in [1.165, 1.54) is 50.1 Å². The first-order valence-electron chi connectivity index (χ1n) is 41.1. The standard InChI is InChI=1S/C31H25Cl4FN6O3.2C31H25Cl3F2N6O3/c1-5-19(43)40-8-10-41(11-9-40)28-16-12-18(32)26(20-21(33)24(36)22(34)23(35)29(20)44)39-30(16)42(31(45)17(28)13-37)27-15(4)6-7-38-25(27)14(2)3;2*1-5-19(43)40-8-10-41(11-9-40)28-16-12-18(32)26(20-23(35)24(36)21(33)22(34)29(20)44)39-30(16)42(31(45)17(28)13-37)27-15(4)6-7-38-25(27)14(2)3/h3*5-7,12,14,44H,1,8-11H2,2-4H3. The van der Waals surface area contributed by atoms with Crippen molar-refractivity contribution in [3.8, 4) is 86.3 Å². The molecule has 27 nitrogen and oxygen atoms in total. The van der Waals surface area contributed by atoms with Gasteiger partial charge in [0, 0.05) is 113 Å². The smallest absolute Gasteiger partial charge is 0.276 e. The minimum Gasteiger partial charge on any atom is -0.506 e. The van der Waals surface area contributed by atoms with Gasteiger partial charge in [-0.3, -0.25) is 57.4 Å². The molecule has 0 spiro atoms. The number of aromatic hydroxyl groups is 3. The molecular weight excluding hydrogens is 1960 g/mol. The van der Waals surface area contributed by atoms with Gasteiger partial charge in [-0.1, -0.05) is 177 Å². The fourth-order valence-corrected chi connectivity index (χ4v) is 18.6. The molecule has 3 fully saturated rings. The number of aromatic nitrogens is 9. The number of pyridine rings is 9. The minimum atomic E-state index is -1.55. The van der Waals surface area contributed by atoms with Crippen LogP contribution >= 0.6 is 116 Å². The topological polar surface area (TPSA) is 346 Å². The number of phenolic OH excluding ortho intramolecular Hbond substituents is 3. The average molecular weight is 2040 g/mol. The van der Waals surface area contributed by atoms with Crippen molar-refractivity contribution in [1.29, 1.82) is 15.8 Å². The van der Waals surface area contributed by atoms with E-state index in [0.29, 0.717) is 82.4 Å². The van der Waals surface area contributed by atoms with Crippen molar-refractivity contribution in [2.75, 3.05) is 93.2 Å². The molecule has 3 aliphatic rings. The monoisotopic (exact) mass is 2030 g/mol. The summed E-state index contributed by atoms with van der Waals surface area (Å²) < 4.78 is 79.0. The zero-order valence-corrected chi connectivity index (χ0v) is 80.3. The third-order valence-electron chi connectivity index (χ3n) is 23.0. The van der Waals surface area contributed by atoms with E-state index in [0.717, 1.165) is 0 Å². The Hall–Kier alpha value is -12.4. The van der Waals surface area contributed by atoms with Crippen LogP contribution < -0.4 is 31.4 Å². The predicted octanol–water partition coefficient (Wildman–Crippen LogP) is 20.1. The molecule has 135 heavy (non-hydrogen) atoms. The number of phenols is 3. The largest absolute Gasteiger partial charge is 0.506 e. The molecule has 3 amide bonds. The molecule has 15 rings (SSSR count). The van der Waals surface area contributed by atoms with Crippen molar-refractivity contribution in [2.24, 2.45) is 0 Å². The van der Waals surface area contributed by atoms with Gasteiger partial charge in [0.1, 0.15) is 99.2 Å². The maximum atomic E-state index is 15.4. The first-order valence-corrected chi connectivity index (χ1v) is 44.9. The molecule has 12 aromatic rings. The molecular formula is C93H75Cl10F5N18O9. The number of carbonyl (C=O) groups excluding carboxylic acids is 3. The molecule has 12 heterocycles. The number of nitrogens with zero attached hydrogens (tertiary/aromatic N) is 18. The minimum absolute atomic E-state index is 0.0398. The van der Waals surface area contributed by atoms with Gasteiger partial charge in [0.2, 0.25) is 17.7 Å². The summed E-state index contributed by atoms with van der Waals surface area (Å²) in [4.78, 5) is 117. The number of benzene rings is 3. The molecule has 3 N–H and O–H groups in total. The molecule has 696 valence electrons. The van der Waals surface area contributed by atoms with Crippen molar-refractivity contribution < 1.29 is 51.7 Å². The third kappa shape index (κ3) is 17.9. The van der Waals surface area contributed by atoms with Gasteiger partial charge in [0.05, 0.1) is 105 Å². The molecule has 0 bridgehead atoms. The van der Waals surface area contributed by atoms with Crippen molar-refractivity contribution in [3.63, 3.8) is 0 Å². The number of nitriles is 3. The number of fused-ring (bicyclic) bond motifs is 3. The van der Waals surface area contributed by atoms with Gasteiger partial charge in [0.15, 0.2) is 29.1 Å². The second kappa shape index (κ2) is 40.3. The van der Waals surface area contributed by atoms with Crippen LogP contribution in [-0.2, 0) is 14.4 Å². The van der Waals surface area contributed by atoms with E-state index in [1.807, 2.05) is 58.6 Å². The van der Waals surface area contributed by atoms with Gasteiger partial charge < -0.3 is 44.7 Å². The molecule has 0 aliphatic carbocycles. The van der Waals surface area contributed by atoms with Crippen LogP contribution in [0, 0.1) is 83.9 Å². The maximum absolute atomic E-state index is 15.4. The molecule has 3 saturated heterocycles. The van der Waals surface area contributed by atoms with E-state index in [9.17, 15) is 68.7 Å². The zero-order valence-electron chi connectivity index (χ0n) is 72.8. The Balaban J connectivity index is 0.000000171. The number of hydrogen-bond donors (Lipinski definition) is 3. The molecule has 9 aromatic heterocycles. The maximum Gasteiger partial charge on any atom is 0.276 e. The van der Waals surface area contributed by atoms with Crippen LogP contribution in [0.25, 0.3) is 83.9 Å². The van der Waals surface area contributed by atoms with Gasteiger partial charge in [-0.05, 0) is 110 Å². The van der Waals surface area contributed by atoms with Crippen LogP contribution in [0.3, 0.4) is 0 Å². The van der Waals surface area contributed by atoms with E-state index in [1.54, 1.807) is 82.1 Å². The molecule has 42 heteroatoms. The van der Waals surface area contributed by atoms with Crippen LogP contribution in [0.4, 0.5) is 39.0 Å². The molecule has 0 saturated carbocycles. The summed E-state index contributed by atoms with van der Waals surface area (Å²) in [7, 11) is 0. The predicted molar refractivity (Wildman–Crippen MR) is 514 cm³/mol. The van der Waals surface area contributed by atoms with Crippen molar-refractivity contribution in [2.45, 2.75) is 80.1 Å². The number of anilines is 3. The Morgan fingerprint density at radius 3 is 0.867 bits per heavy atom. The summed E-state index contributed by atoms with van der Waals surface area (Å²) in [5.41, 5.74) is -0.463. The van der Waals surface area contributed by atoms with Gasteiger partial charge in [-0.25, -0.2) is 36.9 Å². The Labute approximate surface area is 817 Å². The SMILES string of the molecule is C=CC(=O)N1CCN(c2c(C#N)c(=O)n(-c3c(C)ccnc3C(C)C)c3nc(-c4c(O)c(Cl)c(Cl)c(F)c4Cl)c(Cl)cc23)CC1.C=CC(=O)N1CCN(c2c(C#N)c(=O)n(-c3c(C)ccnc3C(C)C)c3nc(-c4c(O)c(Cl)c(Cl)c(F)c4F)c(Cl)cc23)CC1.C=CC(=O)N1CCN(c2c(C#N)c(=O)n(-c3c(C)ccnc3C(C)C)c3nc(-c4c(O)c(Cl)c(Cl)c(F)c4F)c(Cl)cc23)CC1. The summed E-state index contributed by atoms with van der Waals surface area (Å²) in [6.45, 7) is 30.6. The lowest BCUT2D eigenvalue weighted by atomic mass is 10.0. The lowest BCUT2D eigenvalue weighted by molar-refractivity contribution is -0.127. The van der Waals surface area contributed by atoms with Crippen LogP contribution in [0.15, 0.2) is 107 Å². The van der Waals surface area contributed by atoms with Crippen molar-refractivity contribution in [3.05, 3.63) is 254 Å². The third-order valence-corrected chi connectivity index (χ3v) is 26.7. The highest BCUT2D eigenvalue weighted by Crippen LogP contribution is 2.52. The summed E-state index contributed by atoms with van der Waals surface area (Å²) in [5, 5.41) is 59.2. The molecule has 3 aromatic carbocycles. The number of halogens is 15. The number of amides is 3. The van der Waals surface area contributed by atoms with Gasteiger partial charge in [-0.15, -0.1) is 0 Å². The highest BCUT2D eigenvalue weighted by Gasteiger charge is 2.38. The van der Waals surface area contributed by atoms with Gasteiger partial charge in [0.25, 0.3) is 16.7 Å². The van der Waals surface area contributed by atoms with E-state index >= 15 is 13.2 Å². The molecule has 0 atom stereocenters. The van der Waals surface area contributed by atoms with Crippen molar-refractivity contribution in [1.82, 2.24) is 58.3 Å². The number of hydrogen-bond acceptors (Lipinski definition) is 21. The van der Waals surface area contributed by atoms with Crippen LogP contribution in [-0.4, -0.2) is 170 Å². The Kier molecular flexibility index (Phi) is 29.9. The number of aryl methyl sites for hydroxylation is 3. The van der Waals surface area contributed by atoms with E-state index in [2.05, 4.69) is 50.7 Å². The summed E-state index contributed by atoms with van der Waals surface area (Å²) >= 11 is 62.1. The molecule has 3 aliphatic heterocycles. The van der Waals surface area contributed by atoms with E-state index in [4.69, 9.17) is 121 Å². The Morgan fingerprint density at radius 2 is 0.622 bits per heavy atom. The molecule has 0 radical (unpaired) electrons. The highest BCUT2D eigenvalue weighted by atomic mass is 35.5. The van der Waals surface area contributed by atoms with Crippen molar-refractivity contribution >= 4 is 184 Å². The summed E-state index contributed by atoms with van der Waals surface area (Å²) in [5.74, 6) is -11.0. The van der Waals surface area contributed by atoms with Crippen LogP contribution in [0.5, 0.6) is 17.2 Å². The molecule has 0 unspecified atom stereocenters. The number of carbonyl (C=O) groups is 3. The van der Waals surface area contributed by atoms with E-state index in [-0.39, 0.29) is 176 Å². The number of rotatable bonds is 15. The Bertz CT molecular complexity index is 6650. The summed E-state index contributed by atoms with van der Waals surface area (Å²) in [6.07, 6.45) is 8.45. The normalized spacial score (nSPS) is 13.4. The second-order valence-electron chi connectivity index (χ2n) is 32.0. The average Bonchev–Trinajstić information content (AvgIpc) is 0.728. The van der Waals surface area contributed by atoms with Crippen LogP contribution in [0.2, 0.25) is 50.2 Å². The fourth-order valence-electron chi connectivity index (χ4n) is 16.4.